The van der Waals surface area contributed by atoms with Crippen LogP contribution in [0.15, 0.2) is 24.3 Å². The van der Waals surface area contributed by atoms with Gasteiger partial charge in [-0.2, -0.15) is 0 Å². The predicted octanol–water partition coefficient (Wildman–Crippen LogP) is 3.15. The van der Waals surface area contributed by atoms with Crippen molar-refractivity contribution in [1.82, 2.24) is 9.80 Å². The molecule has 0 bridgehead atoms. The highest BCUT2D eigenvalue weighted by Crippen LogP contribution is 2.45. The van der Waals surface area contributed by atoms with Crippen molar-refractivity contribution in [3.63, 3.8) is 0 Å². The number of piperidine rings is 1. The van der Waals surface area contributed by atoms with Gasteiger partial charge in [0.2, 0.25) is 5.91 Å². The zero-order chi connectivity index (χ0) is 19.0. The van der Waals surface area contributed by atoms with Crippen molar-refractivity contribution in [3.8, 4) is 0 Å². The van der Waals surface area contributed by atoms with Crippen LogP contribution in [-0.4, -0.2) is 53.0 Å². The highest BCUT2D eigenvalue weighted by molar-refractivity contribution is 7.11. The minimum Gasteiger partial charge on any atom is -0.481 e. The summed E-state index contributed by atoms with van der Waals surface area (Å²) in [5.41, 5.74) is -0.192. The van der Waals surface area contributed by atoms with Gasteiger partial charge in [0.15, 0.2) is 0 Å². The third kappa shape index (κ3) is 3.69. The van der Waals surface area contributed by atoms with Crippen LogP contribution >= 0.6 is 11.3 Å². The summed E-state index contributed by atoms with van der Waals surface area (Å²) in [6.07, 6.45) is 7.50. The Balaban J connectivity index is 1.41. The molecular formula is C21H28N2O3S. The number of aliphatic carboxylic acids is 1. The smallest absolute Gasteiger partial charge is 0.308 e. The van der Waals surface area contributed by atoms with Gasteiger partial charge in [-0.15, -0.1) is 11.3 Å². The quantitative estimate of drug-likeness (QED) is 0.805. The number of carbonyl (C=O) groups excluding carboxylic acids is 1. The Hall–Kier alpha value is -1.66. The highest BCUT2D eigenvalue weighted by Gasteiger charge is 2.51. The van der Waals surface area contributed by atoms with Gasteiger partial charge in [0.05, 0.1) is 5.92 Å². The second-order valence-corrected chi connectivity index (χ2v) is 9.77. The fourth-order valence-electron chi connectivity index (χ4n) is 5.08. The molecule has 1 atom stereocenters. The maximum Gasteiger partial charge on any atom is 0.308 e. The molecule has 1 aliphatic carbocycles. The van der Waals surface area contributed by atoms with Crippen LogP contribution < -0.4 is 0 Å². The van der Waals surface area contributed by atoms with Crippen LogP contribution in [-0.2, 0) is 16.1 Å². The summed E-state index contributed by atoms with van der Waals surface area (Å²) in [6, 6.07) is 4.28. The van der Waals surface area contributed by atoms with E-state index in [9.17, 15) is 14.7 Å². The molecule has 0 radical (unpaired) electrons. The first kappa shape index (κ1) is 18.7. The second kappa shape index (κ2) is 7.40. The third-order valence-corrected chi connectivity index (χ3v) is 7.61. The van der Waals surface area contributed by atoms with E-state index in [2.05, 4.69) is 36.1 Å². The molecule has 2 fully saturated rings. The number of allylic oxidation sites excluding steroid dienone is 2. The summed E-state index contributed by atoms with van der Waals surface area (Å²) < 4.78 is 0. The predicted molar refractivity (Wildman–Crippen MR) is 106 cm³/mol. The average Bonchev–Trinajstić information content (AvgIpc) is 3.37. The molecule has 1 spiro atoms. The summed E-state index contributed by atoms with van der Waals surface area (Å²) >= 11 is 1.79. The molecule has 2 saturated heterocycles. The number of rotatable bonds is 4. The molecule has 5 nitrogen and oxygen atoms in total. The monoisotopic (exact) mass is 388 g/mol. The summed E-state index contributed by atoms with van der Waals surface area (Å²) in [5, 5.41) is 9.85. The molecule has 27 heavy (non-hydrogen) atoms. The third-order valence-electron chi connectivity index (χ3n) is 6.62. The highest BCUT2D eigenvalue weighted by atomic mass is 32.1. The Labute approximate surface area is 164 Å². The number of likely N-dealkylation sites (tertiary alicyclic amines) is 2. The lowest BCUT2D eigenvalue weighted by Gasteiger charge is -2.42. The molecule has 1 aromatic rings. The summed E-state index contributed by atoms with van der Waals surface area (Å²) in [6.45, 7) is 5.78. The van der Waals surface area contributed by atoms with E-state index >= 15 is 0 Å². The van der Waals surface area contributed by atoms with E-state index in [0.29, 0.717) is 19.6 Å². The van der Waals surface area contributed by atoms with Crippen LogP contribution in [0, 0.1) is 24.2 Å². The van der Waals surface area contributed by atoms with Crippen molar-refractivity contribution in [1.29, 1.82) is 0 Å². The first-order valence-corrected chi connectivity index (χ1v) is 10.7. The van der Waals surface area contributed by atoms with Gasteiger partial charge in [-0.25, -0.2) is 0 Å². The minimum absolute atomic E-state index is 0.108. The molecule has 146 valence electrons. The average molecular weight is 389 g/mol. The molecule has 1 aromatic heterocycles. The molecule has 6 heteroatoms. The Kier molecular flexibility index (Phi) is 5.12. The zero-order valence-electron chi connectivity index (χ0n) is 15.9. The van der Waals surface area contributed by atoms with Crippen molar-refractivity contribution in [3.05, 3.63) is 34.0 Å². The number of amides is 1. The lowest BCUT2D eigenvalue weighted by molar-refractivity contribution is -0.147. The number of aryl methyl sites for hydroxylation is 1. The fraction of sp³-hybridized carbons (Fsp3) is 0.619. The maximum absolute atomic E-state index is 12.7. The van der Waals surface area contributed by atoms with Gasteiger partial charge in [0, 0.05) is 53.8 Å². The molecule has 1 N–H and O–H groups in total. The van der Waals surface area contributed by atoms with Crippen LogP contribution in [0.5, 0.6) is 0 Å². The van der Waals surface area contributed by atoms with E-state index in [1.807, 2.05) is 4.90 Å². The molecule has 3 aliphatic rings. The normalized spacial score (nSPS) is 25.5. The van der Waals surface area contributed by atoms with E-state index in [0.717, 1.165) is 38.8 Å². The van der Waals surface area contributed by atoms with E-state index < -0.39 is 5.97 Å². The fourth-order valence-corrected chi connectivity index (χ4v) is 6.01. The van der Waals surface area contributed by atoms with Gasteiger partial charge < -0.3 is 10.0 Å². The van der Waals surface area contributed by atoms with Crippen molar-refractivity contribution in [2.24, 2.45) is 17.3 Å². The zero-order valence-corrected chi connectivity index (χ0v) is 16.7. The van der Waals surface area contributed by atoms with Crippen molar-refractivity contribution in [2.45, 2.75) is 39.2 Å². The number of carboxylic acids is 1. The topological polar surface area (TPSA) is 60.9 Å². The van der Waals surface area contributed by atoms with Crippen molar-refractivity contribution < 1.29 is 14.7 Å². The van der Waals surface area contributed by atoms with Gasteiger partial charge in [-0.3, -0.25) is 14.5 Å². The first-order valence-electron chi connectivity index (χ1n) is 9.91. The van der Waals surface area contributed by atoms with Gasteiger partial charge >= 0.3 is 5.97 Å². The Morgan fingerprint density at radius 2 is 1.93 bits per heavy atom. The number of thiophene rings is 1. The van der Waals surface area contributed by atoms with Gasteiger partial charge in [-0.1, -0.05) is 12.2 Å². The van der Waals surface area contributed by atoms with E-state index in [4.69, 9.17) is 0 Å². The maximum atomic E-state index is 12.7. The van der Waals surface area contributed by atoms with Crippen molar-refractivity contribution in [2.75, 3.05) is 26.2 Å². The van der Waals surface area contributed by atoms with Crippen LogP contribution in [0.2, 0.25) is 0 Å². The number of carboxylic acid groups (broad SMARTS) is 1. The van der Waals surface area contributed by atoms with Gasteiger partial charge in [0.25, 0.3) is 0 Å². The van der Waals surface area contributed by atoms with Crippen LogP contribution in [0.1, 0.15) is 35.4 Å². The molecular weight excluding hydrogens is 360 g/mol. The lowest BCUT2D eigenvalue weighted by atomic mass is 9.70. The number of nitrogens with zero attached hydrogens (tertiary/aromatic N) is 2. The Bertz CT molecular complexity index is 740. The standard InChI is InChI=1S/C21H28N2O3S/c1-15-6-7-17(27-15)12-22-13-18(20(25)26)21(14-22)8-10-23(11-9-21)19(24)16-4-2-3-5-16/h2-3,6-7,16,18H,4-5,8-14H2,1H3,(H,25,26). The molecule has 3 heterocycles. The summed E-state index contributed by atoms with van der Waals surface area (Å²) in [7, 11) is 0. The molecule has 0 saturated carbocycles. The van der Waals surface area contributed by atoms with E-state index in [1.54, 1.807) is 11.3 Å². The first-order chi connectivity index (χ1) is 13.0. The Morgan fingerprint density at radius 3 is 2.52 bits per heavy atom. The number of hydrogen-bond acceptors (Lipinski definition) is 4. The van der Waals surface area contributed by atoms with Gasteiger partial charge in [0.1, 0.15) is 0 Å². The van der Waals surface area contributed by atoms with E-state index in [1.165, 1.54) is 9.75 Å². The molecule has 1 amide bonds. The minimum atomic E-state index is -0.681. The molecule has 0 aromatic carbocycles. The number of hydrogen-bond donors (Lipinski definition) is 1. The summed E-state index contributed by atoms with van der Waals surface area (Å²) in [4.78, 5) is 31.6. The molecule has 1 unspecified atom stereocenters. The number of carbonyl (C=O) groups is 2. The van der Waals surface area contributed by atoms with E-state index in [-0.39, 0.29) is 23.2 Å². The lowest BCUT2D eigenvalue weighted by Crippen LogP contribution is -2.49. The van der Waals surface area contributed by atoms with Crippen LogP contribution in [0.3, 0.4) is 0 Å². The van der Waals surface area contributed by atoms with Crippen LogP contribution in [0.25, 0.3) is 0 Å². The molecule has 4 rings (SSSR count). The van der Waals surface area contributed by atoms with Crippen LogP contribution in [0.4, 0.5) is 0 Å². The van der Waals surface area contributed by atoms with Gasteiger partial charge in [-0.05, 0) is 44.7 Å². The van der Waals surface area contributed by atoms with Crippen molar-refractivity contribution >= 4 is 23.2 Å². The SMILES string of the molecule is Cc1ccc(CN2CC(C(=O)O)C3(CCN(C(=O)C4CC=CC4)CC3)C2)s1. The molecule has 2 aliphatic heterocycles. The Morgan fingerprint density at radius 1 is 1.22 bits per heavy atom. The summed E-state index contributed by atoms with van der Waals surface area (Å²) in [5.74, 6) is -0.648. The largest absolute Gasteiger partial charge is 0.481 e. The second-order valence-electron chi connectivity index (χ2n) is 8.40.